The Morgan fingerprint density at radius 3 is 2.40 bits per heavy atom. The number of hydrogen-bond acceptors (Lipinski definition) is 5. The molecule has 110 valence electrons. The maximum absolute atomic E-state index is 10.3. The van der Waals surface area contributed by atoms with Crippen molar-refractivity contribution in [2.45, 2.75) is 45.0 Å². The van der Waals surface area contributed by atoms with E-state index in [1.807, 2.05) is 13.8 Å². The molecule has 2 aliphatic rings. The van der Waals surface area contributed by atoms with Gasteiger partial charge in [-0.05, 0) is 13.8 Å². The molecule has 0 bridgehead atoms. The first-order valence-electron chi connectivity index (χ1n) is 7.03. The van der Waals surface area contributed by atoms with Crippen LogP contribution in [0.25, 0.3) is 0 Å². The minimum atomic E-state index is -0.734. The van der Waals surface area contributed by atoms with Gasteiger partial charge < -0.3 is 25.1 Å². The van der Waals surface area contributed by atoms with Crippen LogP contribution in [0.15, 0.2) is 0 Å². The molecule has 0 aliphatic carbocycles. The molecule has 5 nitrogen and oxygen atoms in total. The molecule has 1 aromatic carbocycles. The van der Waals surface area contributed by atoms with Gasteiger partial charge in [0.15, 0.2) is 11.5 Å². The normalized spacial score (nSPS) is 24.6. The lowest BCUT2D eigenvalue weighted by Crippen LogP contribution is -2.15. The van der Waals surface area contributed by atoms with E-state index < -0.39 is 6.10 Å². The van der Waals surface area contributed by atoms with Crippen molar-refractivity contribution in [3.8, 4) is 17.2 Å². The third-order valence-corrected chi connectivity index (χ3v) is 3.98. The molecule has 0 saturated heterocycles. The Labute approximate surface area is 118 Å². The Balaban J connectivity index is 2.25. The van der Waals surface area contributed by atoms with Crippen LogP contribution in [-0.2, 0) is 12.8 Å². The molecule has 2 aliphatic heterocycles. The predicted molar refractivity (Wildman–Crippen MR) is 74.6 cm³/mol. The fourth-order valence-corrected chi connectivity index (χ4v) is 3.19. The van der Waals surface area contributed by atoms with Crippen molar-refractivity contribution >= 4 is 0 Å². The van der Waals surface area contributed by atoms with Gasteiger partial charge in [-0.3, -0.25) is 0 Å². The lowest BCUT2D eigenvalue weighted by molar-refractivity contribution is 0.175. The molecule has 5 heteroatoms. The number of ether oxygens (including phenoxy) is 3. The molecule has 1 aromatic rings. The van der Waals surface area contributed by atoms with E-state index in [0.717, 1.165) is 46.8 Å². The lowest BCUT2D eigenvalue weighted by atomic mass is 9.93. The van der Waals surface area contributed by atoms with Crippen molar-refractivity contribution in [2.24, 2.45) is 5.73 Å². The fourth-order valence-electron chi connectivity index (χ4n) is 3.19. The summed E-state index contributed by atoms with van der Waals surface area (Å²) in [7, 11) is 1.64. The van der Waals surface area contributed by atoms with Gasteiger partial charge in [0.2, 0.25) is 0 Å². The quantitative estimate of drug-likeness (QED) is 0.873. The molecule has 0 radical (unpaired) electrons. The van der Waals surface area contributed by atoms with E-state index in [1.54, 1.807) is 7.11 Å². The molecule has 3 rings (SSSR count). The van der Waals surface area contributed by atoms with Gasteiger partial charge >= 0.3 is 0 Å². The van der Waals surface area contributed by atoms with Crippen LogP contribution >= 0.6 is 0 Å². The molecule has 0 amide bonds. The molecular formula is C15H21NO4. The van der Waals surface area contributed by atoms with Crippen LogP contribution in [0.1, 0.15) is 36.6 Å². The summed E-state index contributed by atoms with van der Waals surface area (Å²) in [6.07, 6.45) is 0.907. The van der Waals surface area contributed by atoms with Crippen LogP contribution in [0.4, 0.5) is 0 Å². The predicted octanol–water partition coefficient (Wildman–Crippen LogP) is 1.33. The first kappa shape index (κ1) is 13.5. The molecule has 0 fully saturated rings. The Morgan fingerprint density at radius 1 is 1.20 bits per heavy atom. The van der Waals surface area contributed by atoms with Crippen molar-refractivity contribution in [3.05, 3.63) is 16.7 Å². The van der Waals surface area contributed by atoms with Crippen LogP contribution in [0, 0.1) is 0 Å². The molecule has 2 heterocycles. The highest BCUT2D eigenvalue weighted by atomic mass is 16.5. The number of rotatable bonds is 3. The second-order valence-electron chi connectivity index (χ2n) is 5.58. The molecule has 0 spiro atoms. The minimum absolute atomic E-state index is 0.0718. The number of benzene rings is 1. The van der Waals surface area contributed by atoms with E-state index in [0.29, 0.717) is 0 Å². The van der Waals surface area contributed by atoms with Crippen LogP contribution < -0.4 is 19.9 Å². The third-order valence-electron chi connectivity index (χ3n) is 3.98. The van der Waals surface area contributed by atoms with E-state index in [-0.39, 0.29) is 18.8 Å². The molecule has 0 saturated carbocycles. The number of methoxy groups -OCH3 is 1. The summed E-state index contributed by atoms with van der Waals surface area (Å²) in [5.74, 6) is 2.24. The Hall–Kier alpha value is -1.46. The Bertz CT molecular complexity index is 504. The summed E-state index contributed by atoms with van der Waals surface area (Å²) in [5, 5.41) is 10.3. The summed E-state index contributed by atoms with van der Waals surface area (Å²) in [6, 6.07) is 0. The van der Waals surface area contributed by atoms with Gasteiger partial charge in [-0.1, -0.05) is 0 Å². The number of aliphatic hydroxyl groups excluding tert-OH is 1. The molecular weight excluding hydrogens is 258 g/mol. The highest BCUT2D eigenvalue weighted by Gasteiger charge is 2.38. The van der Waals surface area contributed by atoms with Crippen molar-refractivity contribution < 1.29 is 19.3 Å². The fraction of sp³-hybridized carbons (Fsp3) is 0.600. The van der Waals surface area contributed by atoms with Gasteiger partial charge in [0.05, 0.1) is 13.2 Å². The topological polar surface area (TPSA) is 73.9 Å². The molecule has 3 atom stereocenters. The van der Waals surface area contributed by atoms with Crippen LogP contribution in [0.5, 0.6) is 17.2 Å². The van der Waals surface area contributed by atoms with Crippen molar-refractivity contribution in [1.29, 1.82) is 0 Å². The van der Waals surface area contributed by atoms with Crippen LogP contribution in [0.2, 0.25) is 0 Å². The average molecular weight is 279 g/mol. The minimum Gasteiger partial charge on any atom is -0.492 e. The number of aliphatic hydroxyl groups is 1. The van der Waals surface area contributed by atoms with Gasteiger partial charge in [0.25, 0.3) is 0 Å². The largest absolute Gasteiger partial charge is 0.492 e. The number of nitrogens with two attached hydrogens (primary N) is 1. The summed E-state index contributed by atoms with van der Waals surface area (Å²) in [6.45, 7) is 4.18. The summed E-state index contributed by atoms with van der Waals surface area (Å²) in [5.41, 5.74) is 8.39. The number of hydrogen-bond donors (Lipinski definition) is 2. The van der Waals surface area contributed by atoms with Gasteiger partial charge in [0.1, 0.15) is 18.0 Å². The standard InChI is InChI=1S/C15H21NO4/c1-7-4-9-12(11(17)6-16)13-10(5-8(2)19-13)14(18-3)15(9)20-7/h7-8,11,17H,4-6,16H2,1-3H3. The molecule has 0 aromatic heterocycles. The Morgan fingerprint density at radius 2 is 1.80 bits per heavy atom. The SMILES string of the molecule is COc1c2c(c(C(O)CN)c3c1OC(C)C3)OC(C)C2. The van der Waals surface area contributed by atoms with Gasteiger partial charge in [0, 0.05) is 36.1 Å². The van der Waals surface area contributed by atoms with Crippen molar-refractivity contribution in [3.63, 3.8) is 0 Å². The molecule has 20 heavy (non-hydrogen) atoms. The lowest BCUT2D eigenvalue weighted by Gasteiger charge is -2.19. The van der Waals surface area contributed by atoms with Crippen molar-refractivity contribution in [2.75, 3.05) is 13.7 Å². The number of fused-ring (bicyclic) bond motifs is 2. The first-order valence-corrected chi connectivity index (χ1v) is 7.03. The van der Waals surface area contributed by atoms with Gasteiger partial charge in [-0.2, -0.15) is 0 Å². The maximum Gasteiger partial charge on any atom is 0.168 e. The van der Waals surface area contributed by atoms with Crippen LogP contribution in [-0.4, -0.2) is 31.0 Å². The van der Waals surface area contributed by atoms with E-state index >= 15 is 0 Å². The highest BCUT2D eigenvalue weighted by molar-refractivity contribution is 5.66. The molecule has 3 unspecified atom stereocenters. The second kappa shape index (κ2) is 4.82. The van der Waals surface area contributed by atoms with E-state index in [1.165, 1.54) is 0 Å². The van der Waals surface area contributed by atoms with Gasteiger partial charge in [-0.15, -0.1) is 0 Å². The zero-order valence-corrected chi connectivity index (χ0v) is 12.1. The third kappa shape index (κ3) is 1.84. The van der Waals surface area contributed by atoms with E-state index in [9.17, 15) is 5.11 Å². The summed E-state index contributed by atoms with van der Waals surface area (Å²) < 4.78 is 17.4. The smallest absolute Gasteiger partial charge is 0.168 e. The highest BCUT2D eigenvalue weighted by Crippen LogP contribution is 2.52. The maximum atomic E-state index is 10.3. The second-order valence-corrected chi connectivity index (χ2v) is 5.58. The van der Waals surface area contributed by atoms with E-state index in [4.69, 9.17) is 19.9 Å². The van der Waals surface area contributed by atoms with E-state index in [2.05, 4.69) is 0 Å². The van der Waals surface area contributed by atoms with Crippen molar-refractivity contribution in [1.82, 2.24) is 0 Å². The average Bonchev–Trinajstić information content (AvgIpc) is 2.96. The molecule has 3 N–H and O–H groups in total. The Kier molecular flexibility index (Phi) is 3.26. The van der Waals surface area contributed by atoms with Gasteiger partial charge in [-0.25, -0.2) is 0 Å². The first-order chi connectivity index (χ1) is 9.56. The monoisotopic (exact) mass is 279 g/mol. The van der Waals surface area contributed by atoms with Crippen LogP contribution in [0.3, 0.4) is 0 Å². The summed E-state index contributed by atoms with van der Waals surface area (Å²) >= 11 is 0. The summed E-state index contributed by atoms with van der Waals surface area (Å²) in [4.78, 5) is 0. The zero-order chi connectivity index (χ0) is 14.4. The zero-order valence-electron chi connectivity index (χ0n) is 12.1.